The number of halogens is 3. The minimum Gasteiger partial charge on any atom is -0.398 e. The summed E-state index contributed by atoms with van der Waals surface area (Å²) in [6.45, 7) is 2.42. The molecule has 1 fully saturated rings. The number of hydrogen-bond donors (Lipinski definition) is 1. The first-order valence-electron chi connectivity index (χ1n) is 8.48. The van der Waals surface area contributed by atoms with Crippen LogP contribution in [0.15, 0.2) is 12.7 Å². The van der Waals surface area contributed by atoms with E-state index in [1.165, 1.54) is 0 Å². The molecule has 0 amide bonds. The molecule has 7 nitrogen and oxygen atoms in total. The molecule has 11 heteroatoms. The Balaban J connectivity index is 2.71. The molecule has 1 N–H and O–H groups in total. The summed E-state index contributed by atoms with van der Waals surface area (Å²) in [6.07, 6.45) is 1.83. The van der Waals surface area contributed by atoms with Gasteiger partial charge in [-0.15, -0.1) is 6.58 Å². The lowest BCUT2D eigenvalue weighted by Crippen LogP contribution is -2.43. The average Bonchev–Trinajstić information content (AvgIpc) is 2.58. The number of rotatable bonds is 11. The lowest BCUT2D eigenvalue weighted by Gasteiger charge is -2.27. The van der Waals surface area contributed by atoms with Crippen molar-refractivity contribution in [3.8, 4) is 0 Å². The van der Waals surface area contributed by atoms with Crippen LogP contribution < -0.4 is 0 Å². The Morgan fingerprint density at radius 3 is 2.30 bits per heavy atom. The number of allylic oxidation sites excluding steroid dienone is 1. The summed E-state index contributed by atoms with van der Waals surface area (Å²) in [5, 5.41) is -4.45. The first kappa shape index (κ1) is 23.6. The summed E-state index contributed by atoms with van der Waals surface area (Å²) >= 11 is 0. The second-order valence-electron chi connectivity index (χ2n) is 6.27. The molecule has 1 aliphatic rings. The van der Waals surface area contributed by atoms with Gasteiger partial charge in [-0.2, -0.15) is 21.6 Å². The highest BCUT2D eigenvalue weighted by atomic mass is 32.2. The van der Waals surface area contributed by atoms with Gasteiger partial charge >= 0.3 is 27.4 Å². The molecule has 27 heavy (non-hydrogen) atoms. The van der Waals surface area contributed by atoms with Crippen molar-refractivity contribution in [3.05, 3.63) is 12.7 Å². The molecule has 0 aromatic carbocycles. The van der Waals surface area contributed by atoms with Crippen molar-refractivity contribution >= 4 is 21.9 Å². The van der Waals surface area contributed by atoms with Crippen LogP contribution in [0, 0.1) is 5.92 Å². The Labute approximate surface area is 155 Å². The zero-order valence-corrected chi connectivity index (χ0v) is 15.5. The van der Waals surface area contributed by atoms with Gasteiger partial charge in [0.15, 0.2) is 0 Å². The van der Waals surface area contributed by atoms with Crippen LogP contribution in [-0.2, 0) is 29.2 Å². The number of hydrogen-bond acceptors (Lipinski definition) is 6. The minimum absolute atomic E-state index is 0.477. The third-order valence-corrected chi connectivity index (χ3v) is 5.07. The van der Waals surface area contributed by atoms with Gasteiger partial charge in [-0.05, 0) is 19.3 Å². The Morgan fingerprint density at radius 2 is 1.78 bits per heavy atom. The highest BCUT2D eigenvalue weighted by Crippen LogP contribution is 2.30. The summed E-state index contributed by atoms with van der Waals surface area (Å²) < 4.78 is 79.7. The number of esters is 1. The van der Waals surface area contributed by atoms with E-state index in [1.807, 2.05) is 0 Å². The fourth-order valence-electron chi connectivity index (χ4n) is 2.58. The second kappa shape index (κ2) is 9.65. The van der Waals surface area contributed by atoms with Crippen LogP contribution in [0.2, 0.25) is 0 Å². The lowest BCUT2D eigenvalue weighted by atomic mass is 9.89. The molecule has 0 radical (unpaired) electrons. The number of carbonyl (C=O) groups is 2. The molecule has 0 heterocycles. The summed E-state index contributed by atoms with van der Waals surface area (Å²) in [7, 11) is -5.62. The molecule has 0 aliphatic heterocycles. The quantitative estimate of drug-likeness (QED) is 0.181. The fraction of sp³-hybridized carbons (Fsp3) is 0.750. The van der Waals surface area contributed by atoms with E-state index in [1.54, 1.807) is 0 Å². The Kier molecular flexibility index (Phi) is 8.43. The Morgan fingerprint density at radius 1 is 1.19 bits per heavy atom. The molecule has 0 aromatic heterocycles. The Hall–Kier alpha value is -1.46. The maximum Gasteiger partial charge on any atom is 0.428 e. The fourth-order valence-corrected chi connectivity index (χ4v) is 2.98. The first-order chi connectivity index (χ1) is 12.4. The number of alkyl halides is 3. The van der Waals surface area contributed by atoms with Crippen molar-refractivity contribution in [2.75, 3.05) is 6.61 Å². The average molecular weight is 416 g/mol. The second-order valence-corrected chi connectivity index (χ2v) is 7.82. The van der Waals surface area contributed by atoms with Crippen LogP contribution in [0.5, 0.6) is 0 Å². The lowest BCUT2D eigenvalue weighted by molar-refractivity contribution is -0.284. The van der Waals surface area contributed by atoms with E-state index in [0.29, 0.717) is 12.8 Å². The van der Waals surface area contributed by atoms with Crippen molar-refractivity contribution in [2.45, 2.75) is 62.7 Å². The van der Waals surface area contributed by atoms with Crippen LogP contribution in [0.25, 0.3) is 0 Å². The predicted octanol–water partition coefficient (Wildman–Crippen LogP) is 3.16. The molecule has 0 bridgehead atoms. The molecule has 1 aliphatic carbocycles. The smallest absolute Gasteiger partial charge is 0.398 e. The largest absolute Gasteiger partial charge is 0.428 e. The van der Waals surface area contributed by atoms with E-state index in [2.05, 4.69) is 16.1 Å². The number of carbonyl (C=O) groups excluding carboxylic acids is 2. The van der Waals surface area contributed by atoms with Crippen LogP contribution >= 0.6 is 0 Å². The summed E-state index contributed by atoms with van der Waals surface area (Å²) in [6, 6.07) is -3.48. The highest BCUT2D eigenvalue weighted by molar-refractivity contribution is 7.86. The van der Waals surface area contributed by atoms with Crippen LogP contribution in [0.1, 0.15) is 51.4 Å². The molecule has 156 valence electrons. The van der Waals surface area contributed by atoms with E-state index in [-0.39, 0.29) is 0 Å². The molecule has 1 rings (SSSR count). The molecular formula is C16H23F3O7S. The van der Waals surface area contributed by atoms with E-state index in [4.69, 9.17) is 4.55 Å². The SMILES string of the molecule is C=CCC(=O)C(F)(OCCCC(F)(F)S(=O)(=O)O)OC(=O)C1CCCCC1. The number of ketones is 1. The van der Waals surface area contributed by atoms with Crippen molar-refractivity contribution in [1.82, 2.24) is 0 Å². The van der Waals surface area contributed by atoms with Gasteiger partial charge in [0, 0.05) is 12.8 Å². The molecule has 0 saturated heterocycles. The monoisotopic (exact) mass is 416 g/mol. The molecule has 1 atom stereocenters. The zero-order chi connectivity index (χ0) is 20.7. The maximum atomic E-state index is 14.8. The van der Waals surface area contributed by atoms with Gasteiger partial charge in [-0.25, -0.2) is 0 Å². The molecule has 1 unspecified atom stereocenters. The first-order valence-corrected chi connectivity index (χ1v) is 9.92. The topological polar surface area (TPSA) is 107 Å². The van der Waals surface area contributed by atoms with Crippen molar-refractivity contribution in [2.24, 2.45) is 5.92 Å². The summed E-state index contributed by atoms with van der Waals surface area (Å²) in [5.41, 5.74) is 0. The van der Waals surface area contributed by atoms with Crippen LogP contribution in [-0.4, -0.2) is 42.6 Å². The van der Waals surface area contributed by atoms with Crippen molar-refractivity contribution < 1.29 is 45.2 Å². The summed E-state index contributed by atoms with van der Waals surface area (Å²) in [4.78, 5) is 24.0. The van der Waals surface area contributed by atoms with E-state index in [0.717, 1.165) is 25.3 Å². The van der Waals surface area contributed by atoms with E-state index >= 15 is 0 Å². The molecule has 0 aromatic rings. The van der Waals surface area contributed by atoms with Gasteiger partial charge in [0.1, 0.15) is 0 Å². The molecular weight excluding hydrogens is 393 g/mol. The van der Waals surface area contributed by atoms with Crippen LogP contribution in [0.4, 0.5) is 13.2 Å². The minimum atomic E-state index is -5.62. The van der Waals surface area contributed by atoms with Gasteiger partial charge in [0.05, 0.1) is 12.5 Å². The van der Waals surface area contributed by atoms with Gasteiger partial charge in [0.2, 0.25) is 5.78 Å². The van der Waals surface area contributed by atoms with Crippen molar-refractivity contribution in [3.63, 3.8) is 0 Å². The van der Waals surface area contributed by atoms with Gasteiger partial charge in [0.25, 0.3) is 0 Å². The maximum absolute atomic E-state index is 14.8. The number of ether oxygens (including phenoxy) is 2. The third-order valence-electron chi connectivity index (χ3n) is 4.11. The van der Waals surface area contributed by atoms with Crippen molar-refractivity contribution in [1.29, 1.82) is 0 Å². The summed E-state index contributed by atoms with van der Waals surface area (Å²) in [5.74, 6) is -2.82. The normalized spacial score (nSPS) is 18.5. The van der Waals surface area contributed by atoms with Gasteiger partial charge in [-0.3, -0.25) is 14.1 Å². The molecule has 1 saturated carbocycles. The highest BCUT2D eigenvalue weighted by Gasteiger charge is 2.46. The third kappa shape index (κ3) is 6.89. The van der Waals surface area contributed by atoms with E-state index in [9.17, 15) is 31.2 Å². The van der Waals surface area contributed by atoms with E-state index < -0.39 is 65.0 Å². The van der Waals surface area contributed by atoms with Crippen LogP contribution in [0.3, 0.4) is 0 Å². The predicted molar refractivity (Wildman–Crippen MR) is 88.0 cm³/mol. The van der Waals surface area contributed by atoms with Gasteiger partial charge < -0.3 is 9.47 Å². The van der Waals surface area contributed by atoms with Gasteiger partial charge in [-0.1, -0.05) is 25.3 Å². The Bertz CT molecular complexity index is 644. The standard InChI is InChI=1S/C16H23F3O7S/c1-2-7-13(20)16(19,26-14(21)12-8-4-3-5-9-12)25-11-6-10-15(17,18)27(22,23)24/h2,12H,1,3-11H2,(H,22,23,24). The zero-order valence-electron chi connectivity index (χ0n) is 14.7. The molecule has 0 spiro atoms. The number of Topliss-reactive ketones (excluding diaryl/α,β-unsaturated/α-hetero) is 1.